The molecule has 1 amide bonds. The van der Waals surface area contributed by atoms with E-state index in [9.17, 15) is 4.79 Å². The molecular formula is C23H23N5O3S. The lowest BCUT2D eigenvalue weighted by atomic mass is 10.1. The molecule has 0 N–H and O–H groups in total. The van der Waals surface area contributed by atoms with E-state index in [1.807, 2.05) is 49.4 Å². The SMILES string of the molecule is COc1ccc(-c2nc(C(=O)N(C)[C@H](C)c3ccc(-n4cncn4)cc3)cs2)cc1OC. The standard InChI is InChI=1S/C23H23N5O3S/c1-15(16-5-8-18(9-6-16)28-14-24-13-25-28)27(2)23(29)19-12-32-22(26-19)17-7-10-20(30-3)21(11-17)31-4/h5-15H,1-4H3/t15-/m1/s1. The van der Waals surface area contributed by atoms with Gasteiger partial charge < -0.3 is 14.4 Å². The fraction of sp³-hybridized carbons (Fsp3) is 0.217. The molecule has 0 bridgehead atoms. The summed E-state index contributed by atoms with van der Waals surface area (Å²) in [6, 6.07) is 13.3. The van der Waals surface area contributed by atoms with Crippen molar-refractivity contribution in [1.82, 2.24) is 24.6 Å². The van der Waals surface area contributed by atoms with Gasteiger partial charge >= 0.3 is 0 Å². The number of carbonyl (C=O) groups is 1. The van der Waals surface area contributed by atoms with Crippen LogP contribution >= 0.6 is 11.3 Å². The Morgan fingerprint density at radius 1 is 1.09 bits per heavy atom. The average molecular weight is 450 g/mol. The van der Waals surface area contributed by atoms with E-state index in [1.54, 1.807) is 42.6 Å². The second-order valence-electron chi connectivity index (χ2n) is 7.13. The molecule has 0 saturated carbocycles. The van der Waals surface area contributed by atoms with E-state index in [-0.39, 0.29) is 11.9 Å². The van der Waals surface area contributed by atoms with Crippen LogP contribution in [0.3, 0.4) is 0 Å². The lowest BCUT2D eigenvalue weighted by Gasteiger charge is -2.24. The third kappa shape index (κ3) is 4.19. The van der Waals surface area contributed by atoms with Crippen molar-refractivity contribution < 1.29 is 14.3 Å². The van der Waals surface area contributed by atoms with E-state index in [1.165, 1.54) is 17.7 Å². The van der Waals surface area contributed by atoms with Gasteiger partial charge in [0.1, 0.15) is 23.4 Å². The lowest BCUT2D eigenvalue weighted by Crippen LogP contribution is -2.29. The van der Waals surface area contributed by atoms with Crippen molar-refractivity contribution in [3.8, 4) is 27.8 Å². The number of amides is 1. The molecule has 2 aromatic heterocycles. The molecule has 0 saturated heterocycles. The summed E-state index contributed by atoms with van der Waals surface area (Å²) in [6.07, 6.45) is 3.14. The topological polar surface area (TPSA) is 82.4 Å². The maximum atomic E-state index is 13.1. The number of nitrogens with zero attached hydrogens (tertiary/aromatic N) is 5. The predicted molar refractivity (Wildman–Crippen MR) is 123 cm³/mol. The molecule has 0 fully saturated rings. The first kappa shape index (κ1) is 21.5. The molecule has 0 spiro atoms. The maximum absolute atomic E-state index is 13.1. The van der Waals surface area contributed by atoms with Crippen molar-refractivity contribution >= 4 is 17.2 Å². The second-order valence-corrected chi connectivity index (χ2v) is 7.99. The van der Waals surface area contributed by atoms with Gasteiger partial charge in [0.2, 0.25) is 0 Å². The molecule has 0 aliphatic rings. The van der Waals surface area contributed by atoms with E-state index in [2.05, 4.69) is 15.1 Å². The number of benzene rings is 2. The normalized spacial score (nSPS) is 11.8. The molecule has 164 valence electrons. The van der Waals surface area contributed by atoms with E-state index >= 15 is 0 Å². The Hall–Kier alpha value is -3.72. The molecule has 4 aromatic rings. The number of ether oxygens (including phenoxy) is 2. The van der Waals surface area contributed by atoms with Crippen molar-refractivity contribution in [2.75, 3.05) is 21.3 Å². The molecule has 0 radical (unpaired) electrons. The van der Waals surface area contributed by atoms with Crippen molar-refractivity contribution in [1.29, 1.82) is 0 Å². The highest BCUT2D eigenvalue weighted by molar-refractivity contribution is 7.13. The van der Waals surface area contributed by atoms with Gasteiger partial charge in [-0.1, -0.05) is 12.1 Å². The number of aromatic nitrogens is 4. The highest BCUT2D eigenvalue weighted by Crippen LogP contribution is 2.34. The van der Waals surface area contributed by atoms with Gasteiger partial charge in [0.15, 0.2) is 11.5 Å². The molecule has 0 aliphatic carbocycles. The van der Waals surface area contributed by atoms with E-state index in [0.717, 1.165) is 21.8 Å². The second kappa shape index (κ2) is 9.19. The summed E-state index contributed by atoms with van der Waals surface area (Å²) in [4.78, 5) is 23.3. The van der Waals surface area contributed by atoms with Crippen molar-refractivity contribution in [3.63, 3.8) is 0 Å². The summed E-state index contributed by atoms with van der Waals surface area (Å²) in [5.74, 6) is 1.13. The van der Waals surface area contributed by atoms with Crippen LogP contribution in [0.25, 0.3) is 16.3 Å². The van der Waals surface area contributed by atoms with Gasteiger partial charge in [0.05, 0.1) is 25.9 Å². The van der Waals surface area contributed by atoms with Crippen LogP contribution in [0.4, 0.5) is 0 Å². The first-order valence-corrected chi connectivity index (χ1v) is 10.8. The highest BCUT2D eigenvalue weighted by atomic mass is 32.1. The summed E-state index contributed by atoms with van der Waals surface area (Å²) in [5.41, 5.74) is 3.20. The minimum atomic E-state index is -0.138. The van der Waals surface area contributed by atoms with Crippen LogP contribution in [0.15, 0.2) is 60.5 Å². The molecule has 0 aliphatic heterocycles. The lowest BCUT2D eigenvalue weighted by molar-refractivity contribution is 0.0737. The van der Waals surface area contributed by atoms with Crippen LogP contribution in [-0.2, 0) is 0 Å². The summed E-state index contributed by atoms with van der Waals surface area (Å²) in [5, 5.41) is 6.66. The molecule has 2 heterocycles. The Morgan fingerprint density at radius 2 is 1.84 bits per heavy atom. The summed E-state index contributed by atoms with van der Waals surface area (Å²) in [6.45, 7) is 1.99. The molecule has 1 atom stereocenters. The molecule has 8 nitrogen and oxygen atoms in total. The Balaban J connectivity index is 1.50. The van der Waals surface area contributed by atoms with Gasteiger partial charge in [-0.3, -0.25) is 4.79 Å². The van der Waals surface area contributed by atoms with Crippen LogP contribution in [0, 0.1) is 0 Å². The number of hydrogen-bond acceptors (Lipinski definition) is 7. The van der Waals surface area contributed by atoms with Crippen LogP contribution in [0.1, 0.15) is 29.0 Å². The quantitative estimate of drug-likeness (QED) is 0.420. The Morgan fingerprint density at radius 3 is 2.50 bits per heavy atom. The van der Waals surface area contributed by atoms with Gasteiger partial charge in [0.25, 0.3) is 5.91 Å². The number of methoxy groups -OCH3 is 2. The Kier molecular flexibility index (Phi) is 6.18. The fourth-order valence-corrected chi connectivity index (χ4v) is 4.09. The molecular weight excluding hydrogens is 426 g/mol. The maximum Gasteiger partial charge on any atom is 0.273 e. The summed E-state index contributed by atoms with van der Waals surface area (Å²) in [7, 11) is 4.97. The largest absolute Gasteiger partial charge is 0.493 e. The van der Waals surface area contributed by atoms with Gasteiger partial charge in [-0.25, -0.2) is 14.6 Å². The van der Waals surface area contributed by atoms with Crippen LogP contribution in [0.5, 0.6) is 11.5 Å². The Labute approximate surface area is 190 Å². The van der Waals surface area contributed by atoms with Gasteiger partial charge in [-0.05, 0) is 42.8 Å². The Bertz CT molecular complexity index is 1200. The van der Waals surface area contributed by atoms with E-state index < -0.39 is 0 Å². The van der Waals surface area contributed by atoms with E-state index in [0.29, 0.717) is 17.2 Å². The minimum absolute atomic E-state index is 0.126. The summed E-state index contributed by atoms with van der Waals surface area (Å²) >= 11 is 1.42. The zero-order valence-electron chi connectivity index (χ0n) is 18.2. The van der Waals surface area contributed by atoms with Crippen LogP contribution < -0.4 is 9.47 Å². The third-order valence-electron chi connectivity index (χ3n) is 5.31. The third-order valence-corrected chi connectivity index (χ3v) is 6.21. The molecule has 4 rings (SSSR count). The average Bonchev–Trinajstić information content (AvgIpc) is 3.55. The number of carbonyl (C=O) groups excluding carboxylic acids is 1. The zero-order chi connectivity index (χ0) is 22.7. The molecule has 32 heavy (non-hydrogen) atoms. The van der Waals surface area contributed by atoms with Crippen LogP contribution in [0.2, 0.25) is 0 Å². The predicted octanol–water partition coefficient (Wildman–Crippen LogP) is 4.24. The first-order valence-electron chi connectivity index (χ1n) is 9.92. The van der Waals surface area contributed by atoms with Gasteiger partial charge in [-0.15, -0.1) is 11.3 Å². The number of hydrogen-bond donors (Lipinski definition) is 0. The van der Waals surface area contributed by atoms with Crippen LogP contribution in [-0.4, -0.2) is 51.8 Å². The molecule has 9 heteroatoms. The monoisotopic (exact) mass is 449 g/mol. The van der Waals surface area contributed by atoms with E-state index in [4.69, 9.17) is 9.47 Å². The van der Waals surface area contributed by atoms with Crippen molar-refractivity contribution in [2.24, 2.45) is 0 Å². The molecule has 0 unspecified atom stereocenters. The van der Waals surface area contributed by atoms with Gasteiger partial charge in [-0.2, -0.15) is 5.10 Å². The van der Waals surface area contributed by atoms with Gasteiger partial charge in [0, 0.05) is 18.0 Å². The fourth-order valence-electron chi connectivity index (χ4n) is 3.30. The smallest absolute Gasteiger partial charge is 0.273 e. The highest BCUT2D eigenvalue weighted by Gasteiger charge is 2.22. The van der Waals surface area contributed by atoms with Crippen molar-refractivity contribution in [3.05, 3.63) is 71.8 Å². The number of thiazole rings is 1. The summed E-state index contributed by atoms with van der Waals surface area (Å²) < 4.78 is 12.3. The number of rotatable bonds is 7. The zero-order valence-corrected chi connectivity index (χ0v) is 19.0. The molecule has 2 aromatic carbocycles. The first-order chi connectivity index (χ1) is 15.5. The van der Waals surface area contributed by atoms with Crippen molar-refractivity contribution in [2.45, 2.75) is 13.0 Å². The minimum Gasteiger partial charge on any atom is -0.493 e.